The Morgan fingerprint density at radius 2 is 2.12 bits per heavy atom. The summed E-state index contributed by atoms with van der Waals surface area (Å²) in [5, 5.41) is 2.95. The van der Waals surface area contributed by atoms with E-state index in [0.717, 1.165) is 28.8 Å². The minimum Gasteiger partial charge on any atom is -0.352 e. The molecule has 1 N–H and O–H groups in total. The fourth-order valence-electron chi connectivity index (χ4n) is 3.06. The van der Waals surface area contributed by atoms with Gasteiger partial charge in [-0.25, -0.2) is 4.39 Å². The summed E-state index contributed by atoms with van der Waals surface area (Å²) in [6.07, 6.45) is 2.21. The van der Waals surface area contributed by atoms with Crippen molar-refractivity contribution in [3.05, 3.63) is 56.0 Å². The highest BCUT2D eigenvalue weighted by atomic mass is 35.5. The summed E-state index contributed by atoms with van der Waals surface area (Å²) >= 11 is 7.29. The lowest BCUT2D eigenvalue weighted by Crippen LogP contribution is -2.33. The van der Waals surface area contributed by atoms with Crippen LogP contribution in [0.15, 0.2) is 24.3 Å². The first-order chi connectivity index (χ1) is 12.3. The summed E-state index contributed by atoms with van der Waals surface area (Å²) in [6.45, 7) is 0.316. The quantitative estimate of drug-likeness (QED) is 0.860. The fraction of sp³-hybridized carbons (Fsp3) is 0.368. The average Bonchev–Trinajstić information content (AvgIpc) is 3.04. The summed E-state index contributed by atoms with van der Waals surface area (Å²) in [6, 6.07) is 6.35. The summed E-state index contributed by atoms with van der Waals surface area (Å²) in [7, 11) is 3.47. The number of benzene rings is 1. The second-order valence-corrected chi connectivity index (χ2v) is 8.21. The van der Waals surface area contributed by atoms with Crippen LogP contribution in [0.1, 0.15) is 32.1 Å². The van der Waals surface area contributed by atoms with Crippen LogP contribution < -0.4 is 5.32 Å². The van der Waals surface area contributed by atoms with Crippen LogP contribution in [0.25, 0.3) is 0 Å². The van der Waals surface area contributed by atoms with E-state index >= 15 is 0 Å². The maximum absolute atomic E-state index is 13.2. The van der Waals surface area contributed by atoms with E-state index in [9.17, 15) is 14.0 Å². The van der Waals surface area contributed by atoms with Crippen molar-refractivity contribution >= 4 is 34.8 Å². The number of nitrogens with zero attached hydrogens (tertiary/aromatic N) is 1. The first-order valence-electron chi connectivity index (χ1n) is 8.40. The Labute approximate surface area is 161 Å². The van der Waals surface area contributed by atoms with Gasteiger partial charge in [0.15, 0.2) is 0 Å². The molecule has 0 unspecified atom stereocenters. The zero-order chi connectivity index (χ0) is 18.8. The van der Waals surface area contributed by atoms with Crippen molar-refractivity contribution in [1.82, 2.24) is 10.2 Å². The molecule has 2 amide bonds. The van der Waals surface area contributed by atoms with Crippen LogP contribution in [0.5, 0.6) is 0 Å². The van der Waals surface area contributed by atoms with Crippen molar-refractivity contribution in [3.63, 3.8) is 0 Å². The third-order valence-electron chi connectivity index (χ3n) is 4.52. The summed E-state index contributed by atoms with van der Waals surface area (Å²) in [5.74, 6) is -0.612. The Balaban J connectivity index is 1.61. The Kier molecular flexibility index (Phi) is 5.63. The Hall–Kier alpha value is -1.92. The van der Waals surface area contributed by atoms with E-state index < -0.39 is 5.82 Å². The smallest absolute Gasteiger partial charge is 0.263 e. The van der Waals surface area contributed by atoms with Gasteiger partial charge in [-0.05, 0) is 48.6 Å². The number of nitrogens with one attached hydrogen (secondary N) is 1. The molecule has 0 saturated carbocycles. The molecule has 1 aromatic heterocycles. The molecule has 0 spiro atoms. The molecule has 0 bridgehead atoms. The van der Waals surface area contributed by atoms with Crippen molar-refractivity contribution in [2.75, 3.05) is 14.1 Å². The number of rotatable bonds is 4. The van der Waals surface area contributed by atoms with Crippen molar-refractivity contribution < 1.29 is 14.0 Å². The maximum atomic E-state index is 13.2. The molecule has 1 aromatic carbocycles. The molecule has 1 aliphatic carbocycles. The summed E-state index contributed by atoms with van der Waals surface area (Å²) in [4.78, 5) is 28.1. The highest BCUT2D eigenvalue weighted by Gasteiger charge is 2.27. The monoisotopic (exact) mass is 394 g/mol. The van der Waals surface area contributed by atoms with Crippen molar-refractivity contribution in [1.29, 1.82) is 0 Å². The SMILES string of the molecule is CN(C)C(=O)c1cc2c(s1)CC[C@@H](C(=O)NCc1ccc(F)c(Cl)c1)C2. The van der Waals surface area contributed by atoms with E-state index in [0.29, 0.717) is 13.0 Å². The molecular formula is C19H20ClFN2O2S. The van der Waals surface area contributed by atoms with Crippen molar-refractivity contribution in [2.45, 2.75) is 25.8 Å². The molecule has 2 aromatic rings. The van der Waals surface area contributed by atoms with Crippen LogP contribution >= 0.6 is 22.9 Å². The molecule has 3 rings (SSSR count). The van der Waals surface area contributed by atoms with E-state index in [-0.39, 0.29) is 22.8 Å². The topological polar surface area (TPSA) is 49.4 Å². The Morgan fingerprint density at radius 3 is 2.81 bits per heavy atom. The lowest BCUT2D eigenvalue weighted by molar-refractivity contribution is -0.125. The number of fused-ring (bicyclic) bond motifs is 1. The van der Waals surface area contributed by atoms with Crippen molar-refractivity contribution in [2.24, 2.45) is 5.92 Å². The van der Waals surface area contributed by atoms with Gasteiger partial charge >= 0.3 is 0 Å². The van der Waals surface area contributed by atoms with Gasteiger partial charge in [0.05, 0.1) is 9.90 Å². The maximum Gasteiger partial charge on any atom is 0.263 e. The number of carbonyl (C=O) groups is 2. The van der Waals surface area contributed by atoms with Crippen LogP contribution in [0.4, 0.5) is 4.39 Å². The largest absolute Gasteiger partial charge is 0.352 e. The van der Waals surface area contributed by atoms with Gasteiger partial charge in [0.25, 0.3) is 5.91 Å². The molecule has 1 aliphatic rings. The van der Waals surface area contributed by atoms with E-state index in [1.54, 1.807) is 25.1 Å². The predicted octanol–water partition coefficient (Wildman–Crippen LogP) is 3.66. The van der Waals surface area contributed by atoms with Crippen LogP contribution in [-0.2, 0) is 24.2 Å². The molecule has 0 saturated heterocycles. The Morgan fingerprint density at radius 1 is 1.35 bits per heavy atom. The number of carbonyl (C=O) groups excluding carboxylic acids is 2. The van der Waals surface area contributed by atoms with E-state index in [2.05, 4.69) is 5.32 Å². The van der Waals surface area contributed by atoms with Gasteiger partial charge in [0.1, 0.15) is 5.82 Å². The number of thiophene rings is 1. The molecule has 138 valence electrons. The average molecular weight is 395 g/mol. The third-order valence-corrected chi connectivity index (χ3v) is 6.04. The van der Waals surface area contributed by atoms with Crippen LogP contribution in [0, 0.1) is 11.7 Å². The van der Waals surface area contributed by atoms with E-state index in [4.69, 9.17) is 11.6 Å². The first kappa shape index (κ1) is 18.9. The van der Waals surface area contributed by atoms with E-state index in [1.807, 2.05) is 6.07 Å². The van der Waals surface area contributed by atoms with Crippen LogP contribution in [0.2, 0.25) is 5.02 Å². The van der Waals surface area contributed by atoms with Crippen LogP contribution in [-0.4, -0.2) is 30.8 Å². The van der Waals surface area contributed by atoms with Gasteiger partial charge < -0.3 is 10.2 Å². The normalized spacial score (nSPS) is 16.1. The molecule has 0 aliphatic heterocycles. The molecule has 0 radical (unpaired) electrons. The zero-order valence-electron chi connectivity index (χ0n) is 14.6. The molecule has 1 atom stereocenters. The van der Waals surface area contributed by atoms with Gasteiger partial charge in [-0.2, -0.15) is 0 Å². The van der Waals surface area contributed by atoms with Gasteiger partial charge in [-0.3, -0.25) is 9.59 Å². The second-order valence-electron chi connectivity index (χ2n) is 6.66. The number of aryl methyl sites for hydroxylation is 1. The molecular weight excluding hydrogens is 375 g/mol. The van der Waals surface area contributed by atoms with Crippen molar-refractivity contribution in [3.8, 4) is 0 Å². The second kappa shape index (κ2) is 7.76. The molecule has 1 heterocycles. The summed E-state index contributed by atoms with van der Waals surface area (Å²) < 4.78 is 13.2. The minimum absolute atomic E-state index is 0.00131. The minimum atomic E-state index is -0.470. The number of hydrogen-bond acceptors (Lipinski definition) is 3. The lowest BCUT2D eigenvalue weighted by atomic mass is 9.87. The Bertz CT molecular complexity index is 850. The summed E-state index contributed by atoms with van der Waals surface area (Å²) in [5.41, 5.74) is 1.85. The third kappa shape index (κ3) is 4.07. The van der Waals surface area contributed by atoms with Gasteiger partial charge in [-0.1, -0.05) is 17.7 Å². The van der Waals surface area contributed by atoms with E-state index in [1.165, 1.54) is 28.3 Å². The first-order valence-corrected chi connectivity index (χ1v) is 9.59. The lowest BCUT2D eigenvalue weighted by Gasteiger charge is -2.21. The van der Waals surface area contributed by atoms with Gasteiger partial charge in [0.2, 0.25) is 5.91 Å². The molecule has 0 fully saturated rings. The fourth-order valence-corrected chi connectivity index (χ4v) is 4.49. The molecule has 7 heteroatoms. The number of hydrogen-bond donors (Lipinski definition) is 1. The van der Waals surface area contributed by atoms with Gasteiger partial charge in [0, 0.05) is 31.4 Å². The predicted molar refractivity (Wildman–Crippen MR) is 101 cm³/mol. The van der Waals surface area contributed by atoms with Crippen LogP contribution in [0.3, 0.4) is 0 Å². The zero-order valence-corrected chi connectivity index (χ0v) is 16.2. The number of halogens is 2. The van der Waals surface area contributed by atoms with Gasteiger partial charge in [-0.15, -0.1) is 11.3 Å². The highest BCUT2D eigenvalue weighted by Crippen LogP contribution is 2.33. The highest BCUT2D eigenvalue weighted by molar-refractivity contribution is 7.14. The standard InChI is InChI=1S/C19H20ClFN2O2S/c1-23(2)19(25)17-9-13-8-12(4-6-16(13)26-17)18(24)22-10-11-3-5-15(21)14(20)7-11/h3,5,7,9,12H,4,6,8,10H2,1-2H3,(H,22,24)/t12-/m1/s1. The molecule has 4 nitrogen and oxygen atoms in total. The number of amides is 2. The molecule has 26 heavy (non-hydrogen) atoms.